The molecular weight excluding hydrogens is 426 g/mol. The van der Waals surface area contributed by atoms with Crippen molar-refractivity contribution in [3.05, 3.63) is 46.9 Å². The third-order valence-corrected chi connectivity index (χ3v) is 5.42. The highest BCUT2D eigenvalue weighted by molar-refractivity contribution is 5.55. The van der Waals surface area contributed by atoms with Crippen molar-refractivity contribution < 1.29 is 13.9 Å². The summed E-state index contributed by atoms with van der Waals surface area (Å²) in [4.78, 5) is 8.92. The van der Waals surface area contributed by atoms with Crippen molar-refractivity contribution in [1.29, 1.82) is 0 Å². The number of benzene rings is 1. The smallest absolute Gasteiger partial charge is 0.227 e. The van der Waals surface area contributed by atoms with Gasteiger partial charge in [0.05, 0.1) is 13.2 Å². The number of allylic oxidation sites excluding steroid dienone is 2. The van der Waals surface area contributed by atoms with Crippen LogP contribution in [0.25, 0.3) is 24.1 Å². The first-order valence-electron chi connectivity index (χ1n) is 12.4. The molecular formula is C28H43N3O3. The summed E-state index contributed by atoms with van der Waals surface area (Å²) in [6, 6.07) is 7.86. The van der Waals surface area contributed by atoms with Crippen LogP contribution in [0.15, 0.2) is 40.5 Å². The summed E-state index contributed by atoms with van der Waals surface area (Å²) in [6.07, 6.45) is 10.6. The maximum Gasteiger partial charge on any atom is 0.227 e. The predicted octanol–water partition coefficient (Wildman–Crippen LogP) is 4.30. The van der Waals surface area contributed by atoms with Crippen molar-refractivity contribution in [2.24, 2.45) is 0 Å². The van der Waals surface area contributed by atoms with Gasteiger partial charge < -0.3 is 23.7 Å². The molecule has 0 amide bonds. The zero-order chi connectivity index (χ0) is 24.8. The molecule has 0 aliphatic rings. The number of unbranched alkanes of at least 4 members (excludes halogenated alkanes) is 4. The van der Waals surface area contributed by atoms with E-state index in [1.165, 1.54) is 19.3 Å². The van der Waals surface area contributed by atoms with Crippen LogP contribution in [0.1, 0.15) is 45.4 Å². The first-order chi connectivity index (χ1) is 16.4. The Morgan fingerprint density at radius 3 is 2.12 bits per heavy atom. The Hall–Kier alpha value is -2.57. The van der Waals surface area contributed by atoms with Crippen molar-refractivity contribution in [3.8, 4) is 17.2 Å². The molecule has 0 radical (unpaired) electrons. The van der Waals surface area contributed by atoms with Gasteiger partial charge in [-0.25, -0.2) is 4.98 Å². The Bertz CT molecular complexity index is 962. The summed E-state index contributed by atoms with van der Waals surface area (Å²) in [6.45, 7) is 9.64. The molecule has 1 aromatic carbocycles. The highest BCUT2D eigenvalue weighted by Crippen LogP contribution is 2.19. The summed E-state index contributed by atoms with van der Waals surface area (Å²) >= 11 is 0. The standard InChI is InChI=1S/C28H43N3O3/c1-7-25(32-20-12-8-10-18-30(3)4)22-27-23(2)29-28(34-27)24-14-16-26(17-15-24)33-21-13-9-11-19-31(5)6/h7,14-17,22H,2,8-13,18-21H2,1,3-6H3/b25-7+,27-22+. The van der Waals surface area contributed by atoms with Gasteiger partial charge in [0.15, 0.2) is 5.42 Å². The Morgan fingerprint density at radius 2 is 1.53 bits per heavy atom. The Labute approximate surface area is 205 Å². The van der Waals surface area contributed by atoms with E-state index in [2.05, 4.69) is 49.6 Å². The van der Waals surface area contributed by atoms with Crippen molar-refractivity contribution in [3.63, 3.8) is 0 Å². The van der Waals surface area contributed by atoms with E-state index in [4.69, 9.17) is 13.9 Å². The molecule has 188 valence electrons. The molecule has 0 aliphatic carbocycles. The molecule has 0 N–H and O–H groups in total. The van der Waals surface area contributed by atoms with E-state index >= 15 is 0 Å². The maximum atomic E-state index is 5.99. The van der Waals surface area contributed by atoms with Gasteiger partial charge in [-0.1, -0.05) is 6.58 Å². The molecule has 0 atom stereocenters. The summed E-state index contributed by atoms with van der Waals surface area (Å²) < 4.78 is 17.8. The lowest BCUT2D eigenvalue weighted by molar-refractivity contribution is 0.219. The van der Waals surface area contributed by atoms with Gasteiger partial charge in [0, 0.05) is 11.6 Å². The van der Waals surface area contributed by atoms with Crippen LogP contribution in [-0.2, 0) is 4.74 Å². The number of rotatable bonds is 16. The Morgan fingerprint density at radius 1 is 0.912 bits per heavy atom. The molecule has 0 bridgehead atoms. The van der Waals surface area contributed by atoms with Crippen LogP contribution in [0, 0.1) is 0 Å². The lowest BCUT2D eigenvalue weighted by Gasteiger charge is -2.09. The van der Waals surface area contributed by atoms with E-state index in [1.54, 1.807) is 0 Å². The monoisotopic (exact) mass is 469 g/mol. The van der Waals surface area contributed by atoms with Crippen molar-refractivity contribution in [2.75, 3.05) is 54.5 Å². The molecule has 0 fully saturated rings. The van der Waals surface area contributed by atoms with Gasteiger partial charge in [0.25, 0.3) is 0 Å². The van der Waals surface area contributed by atoms with Gasteiger partial charge in [-0.15, -0.1) is 0 Å². The number of hydrogen-bond acceptors (Lipinski definition) is 6. The summed E-state index contributed by atoms with van der Waals surface area (Å²) in [7, 11) is 8.41. The SMILES string of the molecule is C=c1nc(-c2ccc(OCCCCCN(C)C)cc2)o/c1=C/C(=C\C)OCCCCCN(C)C. The second-order valence-corrected chi connectivity index (χ2v) is 9.11. The van der Waals surface area contributed by atoms with Crippen molar-refractivity contribution >= 4 is 12.7 Å². The summed E-state index contributed by atoms with van der Waals surface area (Å²) in [5.41, 5.74) is 1.51. The molecule has 0 spiro atoms. The minimum Gasteiger partial charge on any atom is -0.494 e. The van der Waals surface area contributed by atoms with Crippen molar-refractivity contribution in [2.45, 2.75) is 45.4 Å². The van der Waals surface area contributed by atoms with Crippen LogP contribution in [-0.4, -0.2) is 69.3 Å². The predicted molar refractivity (Wildman–Crippen MR) is 141 cm³/mol. The van der Waals surface area contributed by atoms with E-state index in [0.29, 0.717) is 23.3 Å². The molecule has 0 unspecified atom stereocenters. The average Bonchev–Trinajstić information content (AvgIpc) is 3.17. The Kier molecular flexibility index (Phi) is 12.5. The van der Waals surface area contributed by atoms with Gasteiger partial charge in [0.1, 0.15) is 16.9 Å². The largest absolute Gasteiger partial charge is 0.494 e. The van der Waals surface area contributed by atoms with Crippen LogP contribution < -0.4 is 15.5 Å². The van der Waals surface area contributed by atoms with Crippen LogP contribution in [0.2, 0.25) is 0 Å². The zero-order valence-electron chi connectivity index (χ0n) is 21.8. The zero-order valence-corrected chi connectivity index (χ0v) is 21.8. The molecule has 34 heavy (non-hydrogen) atoms. The summed E-state index contributed by atoms with van der Waals surface area (Å²) in [5.74, 6) is 2.18. The van der Waals surface area contributed by atoms with Gasteiger partial charge in [-0.05, 0) is 117 Å². The lowest BCUT2D eigenvalue weighted by atomic mass is 10.2. The maximum absolute atomic E-state index is 5.99. The van der Waals surface area contributed by atoms with Crippen LogP contribution in [0.4, 0.5) is 0 Å². The van der Waals surface area contributed by atoms with E-state index < -0.39 is 0 Å². The molecule has 0 saturated heterocycles. The molecule has 0 aliphatic heterocycles. The highest BCUT2D eigenvalue weighted by Gasteiger charge is 2.06. The third kappa shape index (κ3) is 10.6. The van der Waals surface area contributed by atoms with E-state index in [0.717, 1.165) is 56.0 Å². The highest BCUT2D eigenvalue weighted by atomic mass is 16.5. The number of hydrogen-bond donors (Lipinski definition) is 0. The fourth-order valence-corrected chi connectivity index (χ4v) is 3.42. The fraction of sp³-hybridized carbons (Fsp3) is 0.536. The number of aromatic nitrogens is 1. The van der Waals surface area contributed by atoms with Crippen molar-refractivity contribution in [1.82, 2.24) is 14.8 Å². The minimum atomic E-state index is 0.547. The fourth-order valence-electron chi connectivity index (χ4n) is 3.42. The van der Waals surface area contributed by atoms with Gasteiger partial charge in [0.2, 0.25) is 5.89 Å². The second-order valence-electron chi connectivity index (χ2n) is 9.11. The van der Waals surface area contributed by atoms with Crippen LogP contribution in [0.3, 0.4) is 0 Å². The van der Waals surface area contributed by atoms with Gasteiger partial charge in [-0.3, -0.25) is 0 Å². The first-order valence-corrected chi connectivity index (χ1v) is 12.4. The molecule has 6 nitrogen and oxygen atoms in total. The molecule has 2 aromatic rings. The first kappa shape index (κ1) is 27.7. The molecule has 1 aromatic heterocycles. The molecule has 1 heterocycles. The summed E-state index contributed by atoms with van der Waals surface area (Å²) in [5, 5.41) is 0.599. The van der Waals surface area contributed by atoms with E-state index in [9.17, 15) is 0 Å². The quantitative estimate of drug-likeness (QED) is 0.270. The number of ether oxygens (including phenoxy) is 2. The van der Waals surface area contributed by atoms with E-state index in [-0.39, 0.29) is 0 Å². The number of nitrogens with zero attached hydrogens (tertiary/aromatic N) is 3. The second kappa shape index (κ2) is 15.4. The lowest BCUT2D eigenvalue weighted by Crippen LogP contribution is -2.20. The van der Waals surface area contributed by atoms with Gasteiger partial charge >= 0.3 is 0 Å². The molecule has 6 heteroatoms. The van der Waals surface area contributed by atoms with Gasteiger partial charge in [-0.2, -0.15) is 0 Å². The van der Waals surface area contributed by atoms with Crippen LogP contribution in [0.5, 0.6) is 5.75 Å². The third-order valence-electron chi connectivity index (χ3n) is 5.42. The topological polar surface area (TPSA) is 51.0 Å². The molecule has 2 rings (SSSR count). The Balaban J connectivity index is 1.86. The molecule has 0 saturated carbocycles. The average molecular weight is 470 g/mol. The minimum absolute atomic E-state index is 0.547. The van der Waals surface area contributed by atoms with E-state index in [1.807, 2.05) is 43.3 Å². The normalized spacial score (nSPS) is 12.7. The number of oxazole rings is 1. The van der Waals surface area contributed by atoms with Crippen LogP contribution >= 0.6 is 0 Å².